The molecule has 0 aliphatic heterocycles. The first-order chi connectivity index (χ1) is 7.26. The third kappa shape index (κ3) is 6.65. The van der Waals surface area contributed by atoms with Gasteiger partial charge in [-0.05, 0) is 27.2 Å². The molecule has 0 saturated carbocycles. The molecule has 0 aliphatic rings. The zero-order valence-corrected chi connectivity index (χ0v) is 9.61. The van der Waals surface area contributed by atoms with Crippen molar-refractivity contribution in [2.24, 2.45) is 0 Å². The Morgan fingerprint density at radius 3 is 2.44 bits per heavy atom. The molecule has 6 nitrogen and oxygen atoms in total. The molecule has 90 valence electrons. The Balaban J connectivity index is 4.44. The zero-order valence-electron chi connectivity index (χ0n) is 9.61. The van der Waals surface area contributed by atoms with Gasteiger partial charge in [0, 0.05) is 6.42 Å². The first-order valence-electron chi connectivity index (χ1n) is 4.85. The molecule has 1 amide bonds. The lowest BCUT2D eigenvalue weighted by Gasteiger charge is -2.23. The number of rotatable bonds is 4. The van der Waals surface area contributed by atoms with E-state index in [0.29, 0.717) is 0 Å². The van der Waals surface area contributed by atoms with Crippen molar-refractivity contribution in [1.82, 2.24) is 5.32 Å². The standard InChI is InChI=1S/C10H16N2O4/c1-10(2,3)16-8(13)7(5-4-6-11)12-9(14)15/h7,12H,4-5H2,1-3H3,(H,14,15). The second-order valence-corrected chi connectivity index (χ2v) is 4.23. The van der Waals surface area contributed by atoms with Gasteiger partial charge in [-0.25, -0.2) is 9.59 Å². The Morgan fingerprint density at radius 1 is 1.50 bits per heavy atom. The molecule has 0 saturated heterocycles. The Kier molecular flexibility index (Phi) is 5.30. The number of hydrogen-bond donors (Lipinski definition) is 2. The van der Waals surface area contributed by atoms with E-state index in [9.17, 15) is 9.59 Å². The van der Waals surface area contributed by atoms with Crippen molar-refractivity contribution in [1.29, 1.82) is 5.26 Å². The third-order valence-electron chi connectivity index (χ3n) is 1.53. The van der Waals surface area contributed by atoms with Crippen molar-refractivity contribution < 1.29 is 19.4 Å². The van der Waals surface area contributed by atoms with Crippen molar-refractivity contribution in [3.8, 4) is 6.07 Å². The highest BCUT2D eigenvalue weighted by molar-refractivity contribution is 5.80. The van der Waals surface area contributed by atoms with Crippen LogP contribution in [-0.4, -0.2) is 28.8 Å². The summed E-state index contributed by atoms with van der Waals surface area (Å²) >= 11 is 0. The van der Waals surface area contributed by atoms with Gasteiger partial charge in [-0.1, -0.05) is 0 Å². The maximum absolute atomic E-state index is 11.5. The summed E-state index contributed by atoms with van der Waals surface area (Å²) in [5, 5.41) is 18.9. The fraction of sp³-hybridized carbons (Fsp3) is 0.700. The first-order valence-corrected chi connectivity index (χ1v) is 4.85. The van der Waals surface area contributed by atoms with Crippen molar-refractivity contribution in [2.75, 3.05) is 0 Å². The molecule has 0 radical (unpaired) electrons. The molecular formula is C10H16N2O4. The molecule has 0 aromatic rings. The average Bonchev–Trinajstić information content (AvgIpc) is 2.08. The van der Waals surface area contributed by atoms with E-state index in [-0.39, 0.29) is 12.8 Å². The van der Waals surface area contributed by atoms with Crippen LogP contribution in [0.5, 0.6) is 0 Å². The Morgan fingerprint density at radius 2 is 2.06 bits per heavy atom. The molecule has 6 heteroatoms. The number of nitrogens with one attached hydrogen (secondary N) is 1. The number of ether oxygens (including phenoxy) is 1. The van der Waals surface area contributed by atoms with Gasteiger partial charge in [-0.3, -0.25) is 0 Å². The SMILES string of the molecule is CC(C)(C)OC(=O)C(CCC#N)NC(=O)O. The minimum absolute atomic E-state index is 0.0875. The normalized spacial score (nSPS) is 12.4. The summed E-state index contributed by atoms with van der Waals surface area (Å²) in [7, 11) is 0. The van der Waals surface area contributed by atoms with Crippen LogP contribution in [0, 0.1) is 11.3 Å². The molecule has 0 heterocycles. The number of nitriles is 1. The van der Waals surface area contributed by atoms with Gasteiger partial charge in [-0.15, -0.1) is 0 Å². The van der Waals surface area contributed by atoms with Crippen LogP contribution in [-0.2, 0) is 9.53 Å². The highest BCUT2D eigenvalue weighted by atomic mass is 16.6. The van der Waals surface area contributed by atoms with E-state index in [2.05, 4.69) is 0 Å². The number of esters is 1. The minimum atomic E-state index is -1.31. The van der Waals surface area contributed by atoms with Crippen LogP contribution in [0.1, 0.15) is 33.6 Å². The summed E-state index contributed by atoms with van der Waals surface area (Å²) in [5.41, 5.74) is -0.678. The monoisotopic (exact) mass is 228 g/mol. The molecule has 0 fully saturated rings. The van der Waals surface area contributed by atoms with Gasteiger partial charge in [-0.2, -0.15) is 5.26 Å². The van der Waals surface area contributed by atoms with Gasteiger partial charge in [0.05, 0.1) is 6.07 Å². The highest BCUT2D eigenvalue weighted by Crippen LogP contribution is 2.10. The molecule has 16 heavy (non-hydrogen) atoms. The van der Waals surface area contributed by atoms with E-state index in [4.69, 9.17) is 15.1 Å². The van der Waals surface area contributed by atoms with E-state index in [1.165, 1.54) is 0 Å². The highest BCUT2D eigenvalue weighted by Gasteiger charge is 2.26. The Hall–Kier alpha value is -1.77. The summed E-state index contributed by atoms with van der Waals surface area (Å²) in [6, 6.07) is 0.859. The second kappa shape index (κ2) is 5.95. The number of amides is 1. The summed E-state index contributed by atoms with van der Waals surface area (Å²) in [6.07, 6.45) is -1.11. The lowest BCUT2D eigenvalue weighted by molar-refractivity contribution is -0.157. The van der Waals surface area contributed by atoms with Gasteiger partial charge in [0.2, 0.25) is 0 Å². The fourth-order valence-corrected chi connectivity index (χ4v) is 0.980. The van der Waals surface area contributed by atoms with Crippen LogP contribution >= 0.6 is 0 Å². The van der Waals surface area contributed by atoms with Crippen molar-refractivity contribution in [3.05, 3.63) is 0 Å². The lowest BCUT2D eigenvalue weighted by Crippen LogP contribution is -2.43. The van der Waals surface area contributed by atoms with Crippen LogP contribution in [0.4, 0.5) is 4.79 Å². The fourth-order valence-electron chi connectivity index (χ4n) is 0.980. The topological polar surface area (TPSA) is 99.4 Å². The summed E-state index contributed by atoms with van der Waals surface area (Å²) < 4.78 is 5.02. The number of hydrogen-bond acceptors (Lipinski definition) is 4. The molecule has 0 aromatic heterocycles. The van der Waals surface area contributed by atoms with Crippen molar-refractivity contribution in [2.45, 2.75) is 45.3 Å². The van der Waals surface area contributed by atoms with Crippen molar-refractivity contribution in [3.63, 3.8) is 0 Å². The number of carboxylic acid groups (broad SMARTS) is 1. The predicted molar refractivity (Wildman–Crippen MR) is 55.6 cm³/mol. The number of nitrogens with zero attached hydrogens (tertiary/aromatic N) is 1. The Bertz CT molecular complexity index is 301. The molecule has 2 N–H and O–H groups in total. The Labute approximate surface area is 94.2 Å². The smallest absolute Gasteiger partial charge is 0.405 e. The van der Waals surface area contributed by atoms with Gasteiger partial charge < -0.3 is 15.2 Å². The molecular weight excluding hydrogens is 212 g/mol. The van der Waals surface area contributed by atoms with Crippen LogP contribution in [0.2, 0.25) is 0 Å². The molecule has 0 aromatic carbocycles. The van der Waals surface area contributed by atoms with E-state index in [0.717, 1.165) is 0 Å². The van der Waals surface area contributed by atoms with E-state index < -0.39 is 23.7 Å². The quantitative estimate of drug-likeness (QED) is 0.706. The first kappa shape index (κ1) is 14.2. The minimum Gasteiger partial charge on any atom is -0.465 e. The summed E-state index contributed by atoms with van der Waals surface area (Å²) in [6.45, 7) is 5.06. The number of carbonyl (C=O) groups is 2. The summed E-state index contributed by atoms with van der Waals surface area (Å²) in [5.74, 6) is -0.662. The largest absolute Gasteiger partial charge is 0.465 e. The molecule has 0 spiro atoms. The van der Waals surface area contributed by atoms with Gasteiger partial charge in [0.1, 0.15) is 11.6 Å². The predicted octanol–water partition coefficient (Wildman–Crippen LogP) is 1.27. The molecule has 0 bridgehead atoms. The average molecular weight is 228 g/mol. The third-order valence-corrected chi connectivity index (χ3v) is 1.53. The van der Waals surface area contributed by atoms with E-state index in [1.54, 1.807) is 20.8 Å². The van der Waals surface area contributed by atoms with Gasteiger partial charge >= 0.3 is 12.1 Å². The van der Waals surface area contributed by atoms with Crippen LogP contribution in [0.15, 0.2) is 0 Å². The van der Waals surface area contributed by atoms with Gasteiger partial charge in [0.25, 0.3) is 0 Å². The summed E-state index contributed by atoms with van der Waals surface area (Å²) in [4.78, 5) is 22.0. The van der Waals surface area contributed by atoms with E-state index >= 15 is 0 Å². The molecule has 0 aliphatic carbocycles. The second-order valence-electron chi connectivity index (χ2n) is 4.23. The van der Waals surface area contributed by atoms with Gasteiger partial charge in [0.15, 0.2) is 0 Å². The van der Waals surface area contributed by atoms with Crippen LogP contribution in [0.25, 0.3) is 0 Å². The van der Waals surface area contributed by atoms with Crippen LogP contribution < -0.4 is 5.32 Å². The zero-order chi connectivity index (χ0) is 12.8. The van der Waals surface area contributed by atoms with Crippen molar-refractivity contribution >= 4 is 12.1 Å². The molecule has 1 atom stereocenters. The molecule has 0 rings (SSSR count). The van der Waals surface area contributed by atoms with Crippen LogP contribution in [0.3, 0.4) is 0 Å². The maximum Gasteiger partial charge on any atom is 0.405 e. The maximum atomic E-state index is 11.5. The molecule has 1 unspecified atom stereocenters. The number of carbonyl (C=O) groups excluding carboxylic acids is 1. The lowest BCUT2D eigenvalue weighted by atomic mass is 10.1. The van der Waals surface area contributed by atoms with E-state index in [1.807, 2.05) is 11.4 Å².